The zero-order valence-electron chi connectivity index (χ0n) is 8.87. The Labute approximate surface area is 101 Å². The molecule has 1 aliphatic rings. The average Bonchev–Trinajstić information content (AvgIpc) is 2.78. The fourth-order valence-corrected chi connectivity index (χ4v) is 2.84. The van der Waals surface area contributed by atoms with Crippen LogP contribution in [0.5, 0.6) is 0 Å². The molecule has 7 heteroatoms. The zero-order chi connectivity index (χ0) is 12.4. The number of thiophene rings is 1. The van der Waals surface area contributed by atoms with Crippen molar-refractivity contribution < 1.29 is 19.6 Å². The molecular formula is C10H11NO5S. The lowest BCUT2D eigenvalue weighted by Crippen LogP contribution is -2.28. The number of rotatable bonds is 3. The monoisotopic (exact) mass is 257 g/mol. The SMILES string of the molecule is O=C(O)C1CCCOC1c1ccc([N+](=O)[O-])s1. The van der Waals surface area contributed by atoms with E-state index in [0.29, 0.717) is 24.3 Å². The van der Waals surface area contributed by atoms with Gasteiger partial charge in [0.2, 0.25) is 0 Å². The molecule has 0 aromatic carbocycles. The van der Waals surface area contributed by atoms with Crippen molar-refractivity contribution in [3.63, 3.8) is 0 Å². The first kappa shape index (κ1) is 12.0. The Morgan fingerprint density at radius 2 is 2.35 bits per heavy atom. The van der Waals surface area contributed by atoms with Gasteiger partial charge in [-0.2, -0.15) is 0 Å². The Hall–Kier alpha value is -1.47. The van der Waals surface area contributed by atoms with Crippen LogP contribution in [0, 0.1) is 16.0 Å². The Balaban J connectivity index is 2.23. The number of hydrogen-bond donors (Lipinski definition) is 1. The highest BCUT2D eigenvalue weighted by Gasteiger charge is 2.34. The van der Waals surface area contributed by atoms with Crippen molar-refractivity contribution in [3.05, 3.63) is 27.1 Å². The second kappa shape index (κ2) is 4.80. The summed E-state index contributed by atoms with van der Waals surface area (Å²) < 4.78 is 5.44. The quantitative estimate of drug-likeness (QED) is 0.662. The van der Waals surface area contributed by atoms with Crippen LogP contribution in [0.15, 0.2) is 12.1 Å². The summed E-state index contributed by atoms with van der Waals surface area (Å²) in [4.78, 5) is 21.8. The summed E-state index contributed by atoms with van der Waals surface area (Å²) in [5.41, 5.74) is 0. The van der Waals surface area contributed by atoms with Gasteiger partial charge in [0.1, 0.15) is 6.10 Å². The lowest BCUT2D eigenvalue weighted by Gasteiger charge is -2.27. The summed E-state index contributed by atoms with van der Waals surface area (Å²) in [6, 6.07) is 2.96. The largest absolute Gasteiger partial charge is 0.481 e. The van der Waals surface area contributed by atoms with Gasteiger partial charge in [-0.1, -0.05) is 11.3 Å². The van der Waals surface area contributed by atoms with E-state index < -0.39 is 22.9 Å². The van der Waals surface area contributed by atoms with Crippen LogP contribution in [-0.2, 0) is 9.53 Å². The van der Waals surface area contributed by atoms with Crippen molar-refractivity contribution in [2.45, 2.75) is 18.9 Å². The first-order chi connectivity index (χ1) is 8.09. The fourth-order valence-electron chi connectivity index (χ4n) is 1.91. The molecule has 0 bridgehead atoms. The maximum absolute atomic E-state index is 11.1. The summed E-state index contributed by atoms with van der Waals surface area (Å²) in [5, 5.41) is 19.7. The Morgan fingerprint density at radius 3 is 2.94 bits per heavy atom. The number of carboxylic acids is 1. The van der Waals surface area contributed by atoms with Gasteiger partial charge in [0, 0.05) is 17.6 Å². The first-order valence-electron chi connectivity index (χ1n) is 5.18. The van der Waals surface area contributed by atoms with Gasteiger partial charge in [0.25, 0.3) is 0 Å². The highest BCUT2D eigenvalue weighted by atomic mass is 32.1. The maximum atomic E-state index is 11.1. The molecule has 2 atom stereocenters. The van der Waals surface area contributed by atoms with E-state index in [1.165, 1.54) is 6.07 Å². The maximum Gasteiger partial charge on any atom is 0.324 e. The fraction of sp³-hybridized carbons (Fsp3) is 0.500. The van der Waals surface area contributed by atoms with Crippen LogP contribution in [-0.4, -0.2) is 22.6 Å². The van der Waals surface area contributed by atoms with Crippen molar-refractivity contribution >= 4 is 22.3 Å². The van der Waals surface area contributed by atoms with Crippen molar-refractivity contribution in [1.29, 1.82) is 0 Å². The van der Waals surface area contributed by atoms with E-state index in [2.05, 4.69) is 0 Å². The number of nitrogens with zero attached hydrogens (tertiary/aromatic N) is 1. The van der Waals surface area contributed by atoms with Crippen molar-refractivity contribution in [2.75, 3.05) is 6.61 Å². The Bertz CT molecular complexity index is 444. The third-order valence-electron chi connectivity index (χ3n) is 2.71. The summed E-state index contributed by atoms with van der Waals surface area (Å²) in [6.07, 6.45) is 0.701. The molecule has 17 heavy (non-hydrogen) atoms. The molecule has 92 valence electrons. The van der Waals surface area contributed by atoms with Crippen LogP contribution in [0.25, 0.3) is 0 Å². The second-order valence-electron chi connectivity index (χ2n) is 3.81. The molecule has 2 heterocycles. The van der Waals surface area contributed by atoms with E-state index in [0.717, 1.165) is 11.3 Å². The van der Waals surface area contributed by atoms with Gasteiger partial charge in [0.05, 0.1) is 10.8 Å². The number of aliphatic carboxylic acids is 1. The van der Waals surface area contributed by atoms with Gasteiger partial charge in [-0.15, -0.1) is 0 Å². The molecule has 0 spiro atoms. The molecule has 2 unspecified atom stereocenters. The third-order valence-corrected chi connectivity index (χ3v) is 3.81. The molecule has 0 aliphatic carbocycles. The zero-order valence-corrected chi connectivity index (χ0v) is 9.68. The van der Waals surface area contributed by atoms with Crippen LogP contribution in [0.4, 0.5) is 5.00 Å². The third kappa shape index (κ3) is 2.45. The van der Waals surface area contributed by atoms with Crippen LogP contribution >= 0.6 is 11.3 Å². The standard InChI is InChI=1S/C10H11NO5S/c12-10(13)6-2-1-5-16-9(6)7-3-4-8(17-7)11(14)15/h3-4,6,9H,1-2,5H2,(H,12,13). The van der Waals surface area contributed by atoms with E-state index in [9.17, 15) is 14.9 Å². The minimum atomic E-state index is -0.911. The topological polar surface area (TPSA) is 89.7 Å². The Morgan fingerprint density at radius 1 is 1.59 bits per heavy atom. The van der Waals surface area contributed by atoms with Gasteiger partial charge in [-0.05, 0) is 18.9 Å². The highest BCUT2D eigenvalue weighted by molar-refractivity contribution is 7.15. The molecular weight excluding hydrogens is 246 g/mol. The molecule has 0 radical (unpaired) electrons. The molecule has 1 aromatic rings. The molecule has 0 saturated carbocycles. The Kier molecular flexibility index (Phi) is 3.39. The van der Waals surface area contributed by atoms with Crippen molar-refractivity contribution in [1.82, 2.24) is 0 Å². The van der Waals surface area contributed by atoms with Gasteiger partial charge in [-0.25, -0.2) is 0 Å². The van der Waals surface area contributed by atoms with E-state index >= 15 is 0 Å². The number of carboxylic acid groups (broad SMARTS) is 1. The predicted octanol–water partition coefficient (Wildman–Crippen LogP) is 2.21. The summed E-state index contributed by atoms with van der Waals surface area (Å²) in [5.74, 6) is -1.52. The minimum absolute atomic E-state index is 0.0123. The van der Waals surface area contributed by atoms with Crippen LogP contribution in [0.2, 0.25) is 0 Å². The number of nitro groups is 1. The van der Waals surface area contributed by atoms with Gasteiger partial charge < -0.3 is 9.84 Å². The normalized spacial score (nSPS) is 24.5. The molecule has 0 amide bonds. The average molecular weight is 257 g/mol. The van der Waals surface area contributed by atoms with E-state index in [1.807, 2.05) is 0 Å². The summed E-state index contributed by atoms with van der Waals surface area (Å²) in [6.45, 7) is 0.500. The van der Waals surface area contributed by atoms with E-state index in [1.54, 1.807) is 6.07 Å². The van der Waals surface area contributed by atoms with Gasteiger partial charge >= 0.3 is 11.0 Å². The van der Waals surface area contributed by atoms with Crippen LogP contribution in [0.1, 0.15) is 23.8 Å². The molecule has 1 fully saturated rings. The van der Waals surface area contributed by atoms with Crippen molar-refractivity contribution in [3.8, 4) is 0 Å². The van der Waals surface area contributed by atoms with E-state index in [-0.39, 0.29) is 5.00 Å². The minimum Gasteiger partial charge on any atom is -0.481 e. The van der Waals surface area contributed by atoms with Crippen LogP contribution < -0.4 is 0 Å². The van der Waals surface area contributed by atoms with Gasteiger partial charge in [0.15, 0.2) is 0 Å². The molecule has 1 N–H and O–H groups in total. The van der Waals surface area contributed by atoms with Crippen LogP contribution in [0.3, 0.4) is 0 Å². The lowest BCUT2D eigenvalue weighted by molar-refractivity contribution is -0.380. The van der Waals surface area contributed by atoms with Crippen molar-refractivity contribution in [2.24, 2.45) is 5.92 Å². The first-order valence-corrected chi connectivity index (χ1v) is 6.00. The predicted molar refractivity (Wildman–Crippen MR) is 60.0 cm³/mol. The highest BCUT2D eigenvalue weighted by Crippen LogP contribution is 2.39. The summed E-state index contributed by atoms with van der Waals surface area (Å²) in [7, 11) is 0. The lowest BCUT2D eigenvalue weighted by atomic mass is 9.93. The number of hydrogen-bond acceptors (Lipinski definition) is 5. The smallest absolute Gasteiger partial charge is 0.324 e. The molecule has 1 aromatic heterocycles. The van der Waals surface area contributed by atoms with E-state index in [4.69, 9.17) is 9.84 Å². The summed E-state index contributed by atoms with van der Waals surface area (Å²) >= 11 is 0.981. The number of ether oxygens (including phenoxy) is 1. The number of carbonyl (C=O) groups is 1. The molecule has 6 nitrogen and oxygen atoms in total. The molecule has 2 rings (SSSR count). The second-order valence-corrected chi connectivity index (χ2v) is 4.91. The molecule has 1 saturated heterocycles. The van der Waals surface area contributed by atoms with Gasteiger partial charge in [-0.3, -0.25) is 14.9 Å². The molecule has 1 aliphatic heterocycles.